The van der Waals surface area contributed by atoms with Gasteiger partial charge < -0.3 is 5.73 Å². The lowest BCUT2D eigenvalue weighted by Crippen LogP contribution is -2.15. The molecule has 4 nitrogen and oxygen atoms in total. The summed E-state index contributed by atoms with van der Waals surface area (Å²) in [4.78, 5) is 5.43. The second kappa shape index (κ2) is 5.04. The zero-order valence-corrected chi connectivity index (χ0v) is 12.4. The molecule has 98 valence electrons. The van der Waals surface area contributed by atoms with Crippen LogP contribution in [0, 0.1) is 0 Å². The van der Waals surface area contributed by atoms with Crippen LogP contribution >= 0.6 is 11.3 Å². The van der Waals surface area contributed by atoms with Crippen LogP contribution in [0.1, 0.15) is 43.3 Å². The third kappa shape index (κ3) is 3.76. The van der Waals surface area contributed by atoms with Crippen molar-refractivity contribution in [2.75, 3.05) is 5.75 Å². The van der Waals surface area contributed by atoms with Gasteiger partial charge in [-0.1, -0.05) is 27.7 Å². The van der Waals surface area contributed by atoms with Crippen molar-refractivity contribution >= 4 is 21.2 Å². The number of rotatable bonds is 4. The lowest BCUT2D eigenvalue weighted by Gasteiger charge is -2.16. The van der Waals surface area contributed by atoms with Crippen LogP contribution in [0.3, 0.4) is 0 Å². The van der Waals surface area contributed by atoms with Gasteiger partial charge in [-0.15, -0.1) is 11.3 Å². The first-order valence-electron chi connectivity index (χ1n) is 5.59. The molecule has 1 aromatic heterocycles. The molecule has 0 spiro atoms. The fourth-order valence-corrected chi connectivity index (χ4v) is 3.85. The zero-order valence-electron chi connectivity index (χ0n) is 10.8. The molecule has 0 atom stereocenters. The molecular weight excluding hydrogens is 256 g/mol. The molecule has 1 rings (SSSR count). The van der Waals surface area contributed by atoms with Crippen molar-refractivity contribution < 1.29 is 8.42 Å². The normalized spacial score (nSPS) is 13.0. The van der Waals surface area contributed by atoms with E-state index >= 15 is 0 Å². The summed E-state index contributed by atoms with van der Waals surface area (Å²) in [5.74, 6) is 0.173. The van der Waals surface area contributed by atoms with Crippen LogP contribution < -0.4 is 5.73 Å². The number of hydrogen-bond acceptors (Lipinski definition) is 5. The lowest BCUT2D eigenvalue weighted by atomic mass is 9.91. The minimum absolute atomic E-state index is 0.0250. The van der Waals surface area contributed by atoms with Gasteiger partial charge >= 0.3 is 0 Å². The first kappa shape index (κ1) is 14.6. The van der Waals surface area contributed by atoms with Crippen molar-refractivity contribution in [2.45, 2.75) is 45.4 Å². The Balaban J connectivity index is 3.10. The molecule has 0 saturated carbocycles. The Morgan fingerprint density at radius 2 is 1.94 bits per heavy atom. The summed E-state index contributed by atoms with van der Waals surface area (Å²) in [5.41, 5.74) is 6.50. The predicted molar refractivity (Wildman–Crippen MR) is 71.9 cm³/mol. The van der Waals surface area contributed by atoms with E-state index in [9.17, 15) is 8.42 Å². The molecule has 0 aliphatic rings. The maximum Gasteiger partial charge on any atom is 0.156 e. The van der Waals surface area contributed by atoms with Crippen LogP contribution in [0.2, 0.25) is 0 Å². The van der Waals surface area contributed by atoms with Gasteiger partial charge in [-0.25, -0.2) is 13.4 Å². The minimum atomic E-state index is -3.02. The maximum atomic E-state index is 11.6. The molecule has 0 unspecified atom stereocenters. The summed E-state index contributed by atoms with van der Waals surface area (Å²) in [5, 5.41) is 0.650. The number of thiazole rings is 1. The Morgan fingerprint density at radius 3 is 2.29 bits per heavy atom. The molecule has 0 saturated heterocycles. The fourth-order valence-electron chi connectivity index (χ4n) is 1.48. The first-order valence-corrected chi connectivity index (χ1v) is 8.23. The van der Waals surface area contributed by atoms with E-state index in [1.54, 1.807) is 6.92 Å². The van der Waals surface area contributed by atoms with Gasteiger partial charge in [0.15, 0.2) is 9.84 Å². The molecule has 2 N–H and O–H groups in total. The van der Waals surface area contributed by atoms with Crippen molar-refractivity contribution in [1.82, 2.24) is 4.98 Å². The summed E-state index contributed by atoms with van der Waals surface area (Å²) < 4.78 is 23.1. The summed E-state index contributed by atoms with van der Waals surface area (Å²) in [7, 11) is -3.02. The third-order valence-electron chi connectivity index (χ3n) is 2.42. The highest BCUT2D eigenvalue weighted by molar-refractivity contribution is 7.90. The Kier molecular flexibility index (Phi) is 4.33. The molecule has 0 aromatic carbocycles. The molecule has 0 amide bonds. The number of aromatic nitrogens is 1. The zero-order chi connectivity index (χ0) is 13.3. The van der Waals surface area contributed by atoms with Crippen LogP contribution in [0.25, 0.3) is 0 Å². The van der Waals surface area contributed by atoms with E-state index in [2.05, 4.69) is 25.8 Å². The van der Waals surface area contributed by atoms with Crippen LogP contribution in [-0.2, 0) is 27.5 Å². The minimum Gasteiger partial charge on any atom is -0.326 e. The molecule has 0 bridgehead atoms. The van der Waals surface area contributed by atoms with Gasteiger partial charge in [0.1, 0.15) is 10.8 Å². The Morgan fingerprint density at radius 1 is 1.35 bits per heavy atom. The van der Waals surface area contributed by atoms with Gasteiger partial charge in [0, 0.05) is 22.6 Å². The molecule has 0 aliphatic heterocycles. The second-order valence-corrected chi connectivity index (χ2v) is 8.53. The number of nitrogens with two attached hydrogens (primary N) is 1. The second-order valence-electron chi connectivity index (χ2n) is 5.01. The molecule has 1 aromatic rings. The summed E-state index contributed by atoms with van der Waals surface area (Å²) in [6, 6.07) is 0. The number of hydrogen-bond donors (Lipinski definition) is 1. The van der Waals surface area contributed by atoms with E-state index in [0.717, 1.165) is 10.6 Å². The average molecular weight is 276 g/mol. The highest BCUT2D eigenvalue weighted by Crippen LogP contribution is 2.30. The molecule has 0 radical (unpaired) electrons. The highest BCUT2D eigenvalue weighted by Gasteiger charge is 2.23. The van der Waals surface area contributed by atoms with Gasteiger partial charge in [0.05, 0.1) is 5.69 Å². The summed E-state index contributed by atoms with van der Waals surface area (Å²) in [6.07, 6.45) is 0. The van der Waals surface area contributed by atoms with Crippen molar-refractivity contribution in [1.29, 1.82) is 0 Å². The monoisotopic (exact) mass is 276 g/mol. The van der Waals surface area contributed by atoms with Gasteiger partial charge in [-0.05, 0) is 0 Å². The first-order chi connectivity index (χ1) is 7.69. The van der Waals surface area contributed by atoms with Gasteiger partial charge in [0.25, 0.3) is 0 Å². The molecule has 1 heterocycles. The van der Waals surface area contributed by atoms with E-state index in [1.165, 1.54) is 11.3 Å². The average Bonchev–Trinajstić information content (AvgIpc) is 2.60. The largest absolute Gasteiger partial charge is 0.326 e. The van der Waals surface area contributed by atoms with Crippen molar-refractivity contribution in [3.63, 3.8) is 0 Å². The van der Waals surface area contributed by atoms with Crippen LogP contribution in [0.15, 0.2) is 0 Å². The summed E-state index contributed by atoms with van der Waals surface area (Å²) in [6.45, 7) is 8.23. The highest BCUT2D eigenvalue weighted by atomic mass is 32.2. The van der Waals surface area contributed by atoms with Crippen molar-refractivity contribution in [3.05, 3.63) is 15.6 Å². The topological polar surface area (TPSA) is 73.0 Å². The molecule has 6 heteroatoms. The fraction of sp³-hybridized carbons (Fsp3) is 0.727. The predicted octanol–water partition coefficient (Wildman–Crippen LogP) is 1.83. The Hall–Kier alpha value is -0.460. The van der Waals surface area contributed by atoms with E-state index < -0.39 is 9.84 Å². The lowest BCUT2D eigenvalue weighted by molar-refractivity contribution is 0.564. The molecule has 17 heavy (non-hydrogen) atoms. The maximum absolute atomic E-state index is 11.6. The smallest absolute Gasteiger partial charge is 0.156 e. The number of sulfone groups is 1. The van der Waals surface area contributed by atoms with Crippen molar-refractivity contribution in [3.8, 4) is 0 Å². The van der Waals surface area contributed by atoms with E-state index in [4.69, 9.17) is 5.73 Å². The van der Waals surface area contributed by atoms with Crippen LogP contribution in [0.5, 0.6) is 0 Å². The standard InChI is InChI=1S/C11H20N2O2S2/c1-5-17(14,15)7-9-13-10(11(2,3)4)8(6-12)16-9/h5-7,12H2,1-4H3. The van der Waals surface area contributed by atoms with Crippen LogP contribution in [-0.4, -0.2) is 19.2 Å². The van der Waals surface area contributed by atoms with Crippen molar-refractivity contribution in [2.24, 2.45) is 5.73 Å². The molecular formula is C11H20N2O2S2. The Bertz CT molecular complexity index is 484. The van der Waals surface area contributed by atoms with E-state index in [1.807, 2.05) is 0 Å². The quantitative estimate of drug-likeness (QED) is 0.910. The van der Waals surface area contributed by atoms with E-state index in [-0.39, 0.29) is 16.9 Å². The molecule has 0 fully saturated rings. The third-order valence-corrected chi connectivity index (χ3v) is 5.27. The summed E-state index contributed by atoms with van der Waals surface area (Å²) >= 11 is 1.41. The molecule has 0 aliphatic carbocycles. The van der Waals surface area contributed by atoms with E-state index in [0.29, 0.717) is 11.6 Å². The van der Waals surface area contributed by atoms with Gasteiger partial charge in [-0.3, -0.25) is 0 Å². The Labute approximate surface area is 107 Å². The SMILES string of the molecule is CCS(=O)(=O)Cc1nc(C(C)(C)C)c(CN)s1. The van der Waals surface area contributed by atoms with Gasteiger partial charge in [0.2, 0.25) is 0 Å². The van der Waals surface area contributed by atoms with Crippen LogP contribution in [0.4, 0.5) is 0 Å². The number of nitrogens with zero attached hydrogens (tertiary/aromatic N) is 1. The van der Waals surface area contributed by atoms with Gasteiger partial charge in [-0.2, -0.15) is 0 Å².